The van der Waals surface area contributed by atoms with Crippen molar-refractivity contribution >= 4 is 11.8 Å². The van der Waals surface area contributed by atoms with E-state index < -0.39 is 11.8 Å². The standard InChI is InChI=1S/C13H16O5/c1-4-18-13(15)12(14)9-6-5-7-11(17-3)10(9)8-16-2/h5-7H,4,8H2,1-3H3. The predicted octanol–water partition coefficient (Wildman–Crippen LogP) is 1.59. The van der Waals surface area contributed by atoms with Gasteiger partial charge in [0.05, 0.1) is 20.3 Å². The van der Waals surface area contributed by atoms with E-state index in [1.165, 1.54) is 14.2 Å². The summed E-state index contributed by atoms with van der Waals surface area (Å²) in [7, 11) is 3.00. The van der Waals surface area contributed by atoms with Gasteiger partial charge in [0.25, 0.3) is 5.78 Å². The third-order valence-electron chi connectivity index (χ3n) is 2.35. The molecular formula is C13H16O5. The molecule has 5 nitrogen and oxygen atoms in total. The maximum absolute atomic E-state index is 11.9. The summed E-state index contributed by atoms with van der Waals surface area (Å²) in [5.74, 6) is -1.06. The molecule has 0 aliphatic heterocycles. The highest BCUT2D eigenvalue weighted by atomic mass is 16.5. The van der Waals surface area contributed by atoms with Crippen LogP contribution in [0.25, 0.3) is 0 Å². The molecular weight excluding hydrogens is 236 g/mol. The SMILES string of the molecule is CCOC(=O)C(=O)c1cccc(OC)c1COC. The van der Waals surface area contributed by atoms with Crippen molar-refractivity contribution in [3.05, 3.63) is 29.3 Å². The molecule has 1 aromatic rings. The Morgan fingerprint density at radius 1 is 1.22 bits per heavy atom. The van der Waals surface area contributed by atoms with Crippen molar-refractivity contribution in [3.63, 3.8) is 0 Å². The van der Waals surface area contributed by atoms with Crippen LogP contribution in [0.2, 0.25) is 0 Å². The van der Waals surface area contributed by atoms with Gasteiger partial charge >= 0.3 is 5.97 Å². The second-order valence-electron chi connectivity index (χ2n) is 3.47. The Morgan fingerprint density at radius 2 is 1.94 bits per heavy atom. The molecule has 98 valence electrons. The van der Waals surface area contributed by atoms with Gasteiger partial charge in [-0.3, -0.25) is 4.79 Å². The normalized spacial score (nSPS) is 9.94. The molecule has 0 heterocycles. The number of methoxy groups -OCH3 is 2. The zero-order chi connectivity index (χ0) is 13.5. The Bertz CT molecular complexity index is 439. The van der Waals surface area contributed by atoms with E-state index in [0.29, 0.717) is 11.3 Å². The van der Waals surface area contributed by atoms with Crippen LogP contribution < -0.4 is 4.74 Å². The number of carbonyl (C=O) groups is 2. The second-order valence-corrected chi connectivity index (χ2v) is 3.47. The molecule has 0 aliphatic carbocycles. The van der Waals surface area contributed by atoms with Gasteiger partial charge in [0.2, 0.25) is 0 Å². The number of benzene rings is 1. The Kier molecular flexibility index (Phi) is 5.32. The van der Waals surface area contributed by atoms with Crippen LogP contribution >= 0.6 is 0 Å². The van der Waals surface area contributed by atoms with E-state index in [4.69, 9.17) is 14.2 Å². The third-order valence-corrected chi connectivity index (χ3v) is 2.35. The van der Waals surface area contributed by atoms with Gasteiger partial charge in [-0.1, -0.05) is 12.1 Å². The lowest BCUT2D eigenvalue weighted by Gasteiger charge is -2.11. The van der Waals surface area contributed by atoms with Gasteiger partial charge in [-0.05, 0) is 13.0 Å². The Morgan fingerprint density at radius 3 is 2.50 bits per heavy atom. The van der Waals surface area contributed by atoms with Crippen LogP contribution in [0, 0.1) is 0 Å². The molecule has 0 aliphatic rings. The number of esters is 1. The van der Waals surface area contributed by atoms with Crippen molar-refractivity contribution in [1.29, 1.82) is 0 Å². The van der Waals surface area contributed by atoms with Crippen LogP contribution in [0.1, 0.15) is 22.8 Å². The van der Waals surface area contributed by atoms with Gasteiger partial charge in [0, 0.05) is 18.2 Å². The first kappa shape index (κ1) is 14.2. The molecule has 0 atom stereocenters. The van der Waals surface area contributed by atoms with Crippen LogP contribution in [0.4, 0.5) is 0 Å². The molecule has 0 saturated heterocycles. The molecule has 0 unspecified atom stereocenters. The number of ketones is 1. The summed E-state index contributed by atoms with van der Waals surface area (Å²) in [4.78, 5) is 23.4. The second kappa shape index (κ2) is 6.76. The number of ether oxygens (including phenoxy) is 3. The van der Waals surface area contributed by atoms with Crippen molar-refractivity contribution in [2.24, 2.45) is 0 Å². The summed E-state index contributed by atoms with van der Waals surface area (Å²) < 4.78 is 14.9. The van der Waals surface area contributed by atoms with E-state index in [1.54, 1.807) is 25.1 Å². The highest BCUT2D eigenvalue weighted by molar-refractivity contribution is 6.41. The summed E-state index contributed by atoms with van der Waals surface area (Å²) in [6, 6.07) is 4.90. The molecule has 0 spiro atoms. The summed E-state index contributed by atoms with van der Waals surface area (Å²) >= 11 is 0. The van der Waals surface area contributed by atoms with E-state index in [2.05, 4.69) is 0 Å². The smallest absolute Gasteiger partial charge is 0.379 e. The van der Waals surface area contributed by atoms with Gasteiger partial charge < -0.3 is 14.2 Å². The molecule has 0 saturated carbocycles. The highest BCUT2D eigenvalue weighted by Gasteiger charge is 2.22. The summed E-state index contributed by atoms with van der Waals surface area (Å²) in [5.41, 5.74) is 0.787. The fourth-order valence-corrected chi connectivity index (χ4v) is 1.57. The topological polar surface area (TPSA) is 61.8 Å². The summed E-state index contributed by atoms with van der Waals surface area (Å²) in [6.07, 6.45) is 0. The highest BCUT2D eigenvalue weighted by Crippen LogP contribution is 2.23. The van der Waals surface area contributed by atoms with Crippen molar-refractivity contribution in [3.8, 4) is 5.75 Å². The van der Waals surface area contributed by atoms with Gasteiger partial charge in [0.1, 0.15) is 5.75 Å². The molecule has 0 amide bonds. The van der Waals surface area contributed by atoms with Crippen LogP contribution in [-0.4, -0.2) is 32.6 Å². The minimum atomic E-state index is -0.872. The summed E-state index contributed by atoms with van der Waals surface area (Å²) in [5, 5.41) is 0. The van der Waals surface area contributed by atoms with E-state index in [0.717, 1.165) is 0 Å². The largest absolute Gasteiger partial charge is 0.496 e. The van der Waals surface area contributed by atoms with Crippen LogP contribution in [0.3, 0.4) is 0 Å². The number of carbonyl (C=O) groups excluding carboxylic acids is 2. The van der Waals surface area contributed by atoms with Crippen molar-refractivity contribution in [2.45, 2.75) is 13.5 Å². The van der Waals surface area contributed by atoms with E-state index in [9.17, 15) is 9.59 Å². The lowest BCUT2D eigenvalue weighted by atomic mass is 10.0. The first-order valence-electron chi connectivity index (χ1n) is 5.52. The number of Topliss-reactive ketones (excluding diaryl/α,β-unsaturated/α-hetero) is 1. The lowest BCUT2D eigenvalue weighted by molar-refractivity contribution is -0.137. The van der Waals surface area contributed by atoms with E-state index in [1.807, 2.05) is 0 Å². The third kappa shape index (κ3) is 3.07. The molecule has 0 fully saturated rings. The Labute approximate surface area is 106 Å². The lowest BCUT2D eigenvalue weighted by Crippen LogP contribution is -2.19. The fourth-order valence-electron chi connectivity index (χ4n) is 1.57. The molecule has 5 heteroatoms. The number of hydrogen-bond acceptors (Lipinski definition) is 5. The van der Waals surface area contributed by atoms with Crippen LogP contribution in [0.5, 0.6) is 5.75 Å². The Hall–Kier alpha value is -1.88. The summed E-state index contributed by atoms with van der Waals surface area (Å²) in [6.45, 7) is 1.99. The zero-order valence-corrected chi connectivity index (χ0v) is 10.7. The van der Waals surface area contributed by atoms with Crippen molar-refractivity contribution in [1.82, 2.24) is 0 Å². The molecule has 0 bridgehead atoms. The van der Waals surface area contributed by atoms with E-state index in [-0.39, 0.29) is 18.8 Å². The maximum Gasteiger partial charge on any atom is 0.379 e. The van der Waals surface area contributed by atoms with Gasteiger partial charge in [-0.25, -0.2) is 4.79 Å². The average Bonchev–Trinajstić information content (AvgIpc) is 2.38. The van der Waals surface area contributed by atoms with Gasteiger partial charge in [-0.2, -0.15) is 0 Å². The first-order chi connectivity index (χ1) is 8.65. The van der Waals surface area contributed by atoms with Crippen LogP contribution in [0.15, 0.2) is 18.2 Å². The first-order valence-corrected chi connectivity index (χ1v) is 5.52. The average molecular weight is 252 g/mol. The predicted molar refractivity (Wildman–Crippen MR) is 64.7 cm³/mol. The fraction of sp³-hybridized carbons (Fsp3) is 0.385. The number of rotatable bonds is 6. The number of hydrogen-bond donors (Lipinski definition) is 0. The molecule has 1 rings (SSSR count). The minimum Gasteiger partial charge on any atom is -0.496 e. The zero-order valence-electron chi connectivity index (χ0n) is 10.7. The van der Waals surface area contributed by atoms with Crippen molar-refractivity contribution < 1.29 is 23.8 Å². The maximum atomic E-state index is 11.9. The quantitative estimate of drug-likeness (QED) is 0.437. The van der Waals surface area contributed by atoms with Crippen molar-refractivity contribution in [2.75, 3.05) is 20.8 Å². The molecule has 18 heavy (non-hydrogen) atoms. The van der Waals surface area contributed by atoms with Gasteiger partial charge in [0.15, 0.2) is 0 Å². The van der Waals surface area contributed by atoms with E-state index >= 15 is 0 Å². The van der Waals surface area contributed by atoms with Gasteiger partial charge in [-0.15, -0.1) is 0 Å². The molecule has 0 N–H and O–H groups in total. The molecule has 0 aromatic heterocycles. The molecule has 1 aromatic carbocycles. The Balaban J connectivity index is 3.14. The van der Waals surface area contributed by atoms with Crippen LogP contribution in [-0.2, 0) is 20.9 Å². The molecule has 0 radical (unpaired) electrons. The monoisotopic (exact) mass is 252 g/mol. The minimum absolute atomic E-state index is 0.161.